The number of carbonyl (C=O) groups is 1. The van der Waals surface area contributed by atoms with Gasteiger partial charge in [0, 0.05) is 0 Å². The number of carbonyl (C=O) groups excluding carboxylic acids is 1. The van der Waals surface area contributed by atoms with Crippen LogP contribution >= 0.6 is 23.2 Å². The van der Waals surface area contributed by atoms with Crippen molar-refractivity contribution in [2.24, 2.45) is 0 Å². The van der Waals surface area contributed by atoms with Crippen molar-refractivity contribution in [2.75, 3.05) is 0 Å². The molecular weight excluding hydrogens is 275 g/mol. The van der Waals surface area contributed by atoms with Gasteiger partial charge in [-0.1, -0.05) is 11.6 Å². The topological polar surface area (TPSA) is 26.3 Å². The first-order chi connectivity index (χ1) is 7.34. The molecule has 2 nitrogen and oxygen atoms in total. The molecule has 0 aliphatic carbocycles. The molecule has 1 rings (SSSR count). The van der Waals surface area contributed by atoms with E-state index in [0.29, 0.717) is 6.07 Å². The average Bonchev–Trinajstić information content (AvgIpc) is 2.18. The summed E-state index contributed by atoms with van der Waals surface area (Å²) in [5.41, 5.74) is -0.931. The Bertz CT molecular complexity index is 437. The molecule has 0 amide bonds. The molecule has 0 atom stereocenters. The number of ether oxygens (including phenoxy) is 1. The Balaban J connectivity index is 3.35. The molecule has 1 aromatic rings. The molecule has 0 N–H and O–H groups in total. The fourth-order valence-electron chi connectivity index (χ4n) is 0.905. The largest absolute Gasteiger partial charge is 0.433 e. The molecule has 0 aromatic heterocycles. The maximum Gasteiger partial charge on any atom is 0.387 e. The van der Waals surface area contributed by atoms with Crippen LogP contribution in [0.3, 0.4) is 0 Å². The van der Waals surface area contributed by atoms with Gasteiger partial charge in [-0.25, -0.2) is 8.78 Å². The minimum absolute atomic E-state index is 0.502. The van der Waals surface area contributed by atoms with Crippen LogP contribution in [-0.2, 0) is 0 Å². The van der Waals surface area contributed by atoms with Crippen LogP contribution in [0.15, 0.2) is 6.07 Å². The van der Waals surface area contributed by atoms with Crippen molar-refractivity contribution in [2.45, 2.75) is 6.61 Å². The second-order valence-corrected chi connectivity index (χ2v) is 3.24. The van der Waals surface area contributed by atoms with E-state index >= 15 is 0 Å². The maximum atomic E-state index is 13.0. The van der Waals surface area contributed by atoms with E-state index < -0.39 is 39.8 Å². The maximum absolute atomic E-state index is 13.0. The number of hydrogen-bond acceptors (Lipinski definition) is 2. The summed E-state index contributed by atoms with van der Waals surface area (Å²) >= 11 is 10.1. The third-order valence-electron chi connectivity index (χ3n) is 1.54. The summed E-state index contributed by atoms with van der Waals surface area (Å²) in [4.78, 5) is 10.6. The molecule has 0 spiro atoms. The lowest BCUT2D eigenvalue weighted by atomic mass is 10.2. The van der Waals surface area contributed by atoms with Gasteiger partial charge in [0.15, 0.2) is 11.6 Å². The minimum Gasteiger partial charge on any atom is -0.433 e. The summed E-state index contributed by atoms with van der Waals surface area (Å²) in [6, 6.07) is 0.502. The van der Waals surface area contributed by atoms with Gasteiger partial charge < -0.3 is 4.74 Å². The van der Waals surface area contributed by atoms with Gasteiger partial charge >= 0.3 is 6.61 Å². The van der Waals surface area contributed by atoms with E-state index in [1.54, 1.807) is 0 Å². The van der Waals surface area contributed by atoms with Crippen molar-refractivity contribution in [1.82, 2.24) is 0 Å². The molecule has 0 fully saturated rings. The highest BCUT2D eigenvalue weighted by Crippen LogP contribution is 2.33. The lowest BCUT2D eigenvalue weighted by Crippen LogP contribution is -2.06. The molecule has 1 aromatic carbocycles. The molecule has 88 valence electrons. The minimum atomic E-state index is -3.29. The lowest BCUT2D eigenvalue weighted by Gasteiger charge is -2.09. The van der Waals surface area contributed by atoms with Gasteiger partial charge in [0.05, 0.1) is 5.56 Å². The van der Waals surface area contributed by atoms with Gasteiger partial charge in [-0.15, -0.1) is 0 Å². The smallest absolute Gasteiger partial charge is 0.387 e. The normalized spacial score (nSPS) is 10.7. The Morgan fingerprint density at radius 1 is 1.31 bits per heavy atom. The van der Waals surface area contributed by atoms with Gasteiger partial charge in [-0.2, -0.15) is 8.78 Å². The summed E-state index contributed by atoms with van der Waals surface area (Å²) < 4.78 is 53.5. The summed E-state index contributed by atoms with van der Waals surface area (Å²) in [6.07, 6.45) is 0. The second-order valence-electron chi connectivity index (χ2n) is 2.52. The Labute approximate surface area is 96.7 Å². The highest BCUT2D eigenvalue weighted by molar-refractivity contribution is 6.67. The highest BCUT2D eigenvalue weighted by atomic mass is 35.5. The Morgan fingerprint density at radius 3 is 2.31 bits per heavy atom. The third kappa shape index (κ3) is 2.56. The fraction of sp³-hybridized carbons (Fsp3) is 0.125. The van der Waals surface area contributed by atoms with Crippen LogP contribution in [0, 0.1) is 11.6 Å². The van der Waals surface area contributed by atoms with E-state index in [-0.39, 0.29) is 0 Å². The zero-order valence-electron chi connectivity index (χ0n) is 7.24. The number of alkyl halides is 2. The monoisotopic (exact) mass is 276 g/mol. The number of halogens is 6. The molecule has 0 radical (unpaired) electrons. The van der Waals surface area contributed by atoms with Crippen molar-refractivity contribution in [3.05, 3.63) is 28.3 Å². The number of benzene rings is 1. The van der Waals surface area contributed by atoms with Crippen molar-refractivity contribution in [3.63, 3.8) is 0 Å². The van der Waals surface area contributed by atoms with Gasteiger partial charge in [0.25, 0.3) is 5.24 Å². The average molecular weight is 277 g/mol. The third-order valence-corrected chi connectivity index (χ3v) is 2.10. The van der Waals surface area contributed by atoms with Crippen LogP contribution < -0.4 is 4.74 Å². The summed E-state index contributed by atoms with van der Waals surface area (Å²) in [6.45, 7) is -3.29. The molecule has 0 aliphatic rings. The first-order valence-electron chi connectivity index (χ1n) is 3.66. The molecular formula is C8H2Cl2F4O2. The van der Waals surface area contributed by atoms with E-state index in [0.717, 1.165) is 0 Å². The number of rotatable bonds is 3. The molecule has 0 saturated heterocycles. The van der Waals surface area contributed by atoms with Crippen LogP contribution in [0.1, 0.15) is 10.4 Å². The molecule has 0 saturated carbocycles. The van der Waals surface area contributed by atoms with Crippen LogP contribution in [0.5, 0.6) is 5.75 Å². The zero-order chi connectivity index (χ0) is 12.5. The Hall–Kier alpha value is -1.01. The Morgan fingerprint density at radius 2 is 1.88 bits per heavy atom. The first kappa shape index (κ1) is 13.1. The van der Waals surface area contributed by atoms with Crippen molar-refractivity contribution < 1.29 is 27.1 Å². The van der Waals surface area contributed by atoms with E-state index in [1.807, 2.05) is 0 Å². The predicted molar refractivity (Wildman–Crippen MR) is 48.2 cm³/mol. The van der Waals surface area contributed by atoms with E-state index in [4.69, 9.17) is 23.2 Å². The van der Waals surface area contributed by atoms with E-state index in [2.05, 4.69) is 4.74 Å². The predicted octanol–water partition coefficient (Wildman–Crippen LogP) is 3.60. The van der Waals surface area contributed by atoms with Gasteiger partial charge in [-0.3, -0.25) is 4.79 Å². The SMILES string of the molecule is O=C(Cl)c1cc(OC(F)F)c(Cl)c(F)c1F. The summed E-state index contributed by atoms with van der Waals surface area (Å²) in [5.74, 6) is -4.16. The van der Waals surface area contributed by atoms with Crippen molar-refractivity contribution >= 4 is 28.4 Å². The molecule has 0 bridgehead atoms. The van der Waals surface area contributed by atoms with E-state index in [9.17, 15) is 22.4 Å². The van der Waals surface area contributed by atoms with Crippen molar-refractivity contribution in [1.29, 1.82) is 0 Å². The molecule has 8 heteroatoms. The van der Waals surface area contributed by atoms with Crippen LogP contribution in [0.4, 0.5) is 17.6 Å². The lowest BCUT2D eigenvalue weighted by molar-refractivity contribution is -0.0500. The second kappa shape index (κ2) is 4.88. The fourth-order valence-corrected chi connectivity index (χ4v) is 1.22. The molecule has 0 unspecified atom stereocenters. The van der Waals surface area contributed by atoms with Gasteiger partial charge in [0.2, 0.25) is 0 Å². The zero-order valence-corrected chi connectivity index (χ0v) is 8.75. The summed E-state index contributed by atoms with van der Waals surface area (Å²) in [7, 11) is 0. The van der Waals surface area contributed by atoms with Crippen LogP contribution in [0.2, 0.25) is 5.02 Å². The first-order valence-corrected chi connectivity index (χ1v) is 4.42. The highest BCUT2D eigenvalue weighted by Gasteiger charge is 2.22. The van der Waals surface area contributed by atoms with Gasteiger partial charge in [-0.05, 0) is 17.7 Å². The quantitative estimate of drug-likeness (QED) is 0.479. The molecule has 0 aliphatic heterocycles. The molecule has 0 heterocycles. The van der Waals surface area contributed by atoms with Crippen molar-refractivity contribution in [3.8, 4) is 5.75 Å². The number of hydrogen-bond donors (Lipinski definition) is 0. The van der Waals surface area contributed by atoms with Crippen LogP contribution in [-0.4, -0.2) is 11.9 Å². The standard InChI is InChI=1S/C8H2Cl2F4O2/c9-4-3(16-8(13)14)1-2(7(10)15)5(11)6(4)12/h1,8H. The van der Waals surface area contributed by atoms with Crippen LogP contribution in [0.25, 0.3) is 0 Å². The Kier molecular flexibility index (Phi) is 3.98. The molecule has 16 heavy (non-hydrogen) atoms. The summed E-state index contributed by atoms with van der Waals surface area (Å²) in [5, 5.41) is -2.34. The van der Waals surface area contributed by atoms with E-state index in [1.165, 1.54) is 0 Å². The van der Waals surface area contributed by atoms with Gasteiger partial charge in [0.1, 0.15) is 10.8 Å².